The molecule has 0 radical (unpaired) electrons. The van der Waals surface area contributed by atoms with Gasteiger partial charge in [0, 0.05) is 48.7 Å². The lowest BCUT2D eigenvalue weighted by atomic mass is 9.88. The SMILES string of the molecule is CCC(C)(C)CN1Cc2cccc(c2)-c2ccccc2N(CC(C)(C)C)Cc2cccc(c2)-c2ccccc21. The fourth-order valence-electron chi connectivity index (χ4n) is 5.76. The highest BCUT2D eigenvalue weighted by Gasteiger charge is 2.24. The number of fused-ring (bicyclic) bond motifs is 8. The quantitative estimate of drug-likeness (QED) is 0.266. The van der Waals surface area contributed by atoms with Crippen LogP contribution in [0, 0.1) is 10.8 Å². The standard InChI is InChI=1S/C37H44N2/c1-7-37(5,6)27-39-25-29-15-13-16-30(23-29)32-18-8-10-20-34(32)38(26-36(2,3)4)24-28-14-12-17-31(22-28)33-19-9-11-21-35(33)39/h8-23H,7,24-27H2,1-6H3. The van der Waals surface area contributed by atoms with Gasteiger partial charge in [-0.3, -0.25) is 0 Å². The minimum Gasteiger partial charge on any atom is -0.366 e. The van der Waals surface area contributed by atoms with Crippen molar-refractivity contribution < 1.29 is 0 Å². The summed E-state index contributed by atoms with van der Waals surface area (Å²) in [5.74, 6) is 0. The van der Waals surface area contributed by atoms with E-state index in [-0.39, 0.29) is 10.8 Å². The number of nitrogens with zero attached hydrogens (tertiary/aromatic N) is 2. The molecule has 0 unspecified atom stereocenters. The van der Waals surface area contributed by atoms with E-state index in [0.717, 1.165) is 32.6 Å². The van der Waals surface area contributed by atoms with Gasteiger partial charge in [-0.15, -0.1) is 0 Å². The molecule has 1 aliphatic heterocycles. The second-order valence-corrected chi connectivity index (χ2v) is 13.2. The molecule has 0 atom stereocenters. The van der Waals surface area contributed by atoms with Crippen LogP contribution in [-0.4, -0.2) is 13.1 Å². The lowest BCUT2D eigenvalue weighted by molar-refractivity contribution is 0.351. The number of para-hydroxylation sites is 2. The van der Waals surface area contributed by atoms with Crippen LogP contribution < -0.4 is 9.80 Å². The number of hydrogen-bond donors (Lipinski definition) is 0. The number of hydrogen-bond acceptors (Lipinski definition) is 2. The largest absolute Gasteiger partial charge is 0.366 e. The summed E-state index contributed by atoms with van der Waals surface area (Å²) in [5, 5.41) is 0. The maximum atomic E-state index is 2.61. The molecule has 0 saturated carbocycles. The summed E-state index contributed by atoms with van der Waals surface area (Å²) < 4.78 is 0. The van der Waals surface area contributed by atoms with Crippen molar-refractivity contribution in [2.24, 2.45) is 10.8 Å². The topological polar surface area (TPSA) is 6.48 Å². The van der Waals surface area contributed by atoms with Crippen molar-refractivity contribution in [3.05, 3.63) is 108 Å². The normalized spacial score (nSPS) is 13.9. The molecular formula is C37H44N2. The molecule has 0 aromatic heterocycles. The smallest absolute Gasteiger partial charge is 0.0449 e. The first-order valence-corrected chi connectivity index (χ1v) is 14.5. The third-order valence-corrected chi connectivity index (χ3v) is 7.95. The summed E-state index contributed by atoms with van der Waals surface area (Å²) in [6, 6.07) is 36.3. The molecule has 0 aliphatic carbocycles. The third-order valence-electron chi connectivity index (χ3n) is 7.95. The van der Waals surface area contributed by atoms with E-state index in [1.54, 1.807) is 0 Å². The maximum Gasteiger partial charge on any atom is 0.0449 e. The van der Waals surface area contributed by atoms with Gasteiger partial charge in [-0.05, 0) is 63.8 Å². The molecule has 0 fully saturated rings. The Morgan fingerprint density at radius 2 is 1.03 bits per heavy atom. The van der Waals surface area contributed by atoms with Crippen molar-refractivity contribution in [1.29, 1.82) is 0 Å². The number of anilines is 2. The molecular weight excluding hydrogens is 472 g/mol. The van der Waals surface area contributed by atoms with Crippen molar-refractivity contribution in [2.45, 2.75) is 61.1 Å². The van der Waals surface area contributed by atoms with Crippen LogP contribution in [0.5, 0.6) is 0 Å². The Hall–Kier alpha value is -3.52. The molecule has 2 nitrogen and oxygen atoms in total. The molecule has 1 aliphatic rings. The van der Waals surface area contributed by atoms with Crippen LogP contribution in [0.1, 0.15) is 59.1 Å². The van der Waals surface area contributed by atoms with Gasteiger partial charge >= 0.3 is 0 Å². The molecule has 0 spiro atoms. The highest BCUT2D eigenvalue weighted by molar-refractivity contribution is 5.81. The van der Waals surface area contributed by atoms with Gasteiger partial charge < -0.3 is 9.80 Å². The predicted molar refractivity (Wildman–Crippen MR) is 169 cm³/mol. The first-order valence-electron chi connectivity index (χ1n) is 14.5. The van der Waals surface area contributed by atoms with Crippen LogP contribution in [0.25, 0.3) is 22.3 Å². The third kappa shape index (κ3) is 6.38. The highest BCUT2D eigenvalue weighted by atomic mass is 15.1. The van der Waals surface area contributed by atoms with E-state index in [0.29, 0.717) is 0 Å². The van der Waals surface area contributed by atoms with E-state index in [9.17, 15) is 0 Å². The number of benzene rings is 4. The number of rotatable bonds is 4. The predicted octanol–water partition coefficient (Wildman–Crippen LogP) is 9.83. The minimum absolute atomic E-state index is 0.164. The Kier molecular flexibility index (Phi) is 7.58. The zero-order chi connectivity index (χ0) is 27.6. The van der Waals surface area contributed by atoms with Crippen LogP contribution in [0.15, 0.2) is 97.1 Å². The zero-order valence-electron chi connectivity index (χ0n) is 24.7. The van der Waals surface area contributed by atoms with Crippen LogP contribution in [0.3, 0.4) is 0 Å². The van der Waals surface area contributed by atoms with E-state index in [1.165, 1.54) is 44.8 Å². The Balaban J connectivity index is 1.73. The van der Waals surface area contributed by atoms with Crippen LogP contribution >= 0.6 is 0 Å². The lowest BCUT2D eigenvalue weighted by Crippen LogP contribution is -2.34. The van der Waals surface area contributed by atoms with E-state index in [1.807, 2.05) is 0 Å². The molecule has 1 heterocycles. The van der Waals surface area contributed by atoms with Crippen molar-refractivity contribution in [2.75, 3.05) is 22.9 Å². The summed E-state index contributed by atoms with van der Waals surface area (Å²) in [6.07, 6.45) is 1.14. The minimum atomic E-state index is 0.164. The molecule has 39 heavy (non-hydrogen) atoms. The van der Waals surface area contributed by atoms with Crippen LogP contribution in [0.2, 0.25) is 0 Å². The molecule has 0 amide bonds. The lowest BCUT2D eigenvalue weighted by Gasteiger charge is -2.36. The molecule has 4 aromatic carbocycles. The van der Waals surface area contributed by atoms with E-state index >= 15 is 0 Å². The molecule has 4 aromatic rings. The van der Waals surface area contributed by atoms with Crippen LogP contribution in [0.4, 0.5) is 11.4 Å². The fraction of sp³-hybridized carbons (Fsp3) is 0.351. The van der Waals surface area contributed by atoms with Gasteiger partial charge in [0.2, 0.25) is 0 Å². The summed E-state index contributed by atoms with van der Waals surface area (Å²) in [7, 11) is 0. The molecule has 0 saturated heterocycles. The molecule has 4 bridgehead atoms. The van der Waals surface area contributed by atoms with Gasteiger partial charge in [0.05, 0.1) is 0 Å². The first kappa shape index (κ1) is 27.1. The Bertz CT molecular complexity index is 1430. The van der Waals surface area contributed by atoms with Gasteiger partial charge in [-0.25, -0.2) is 0 Å². The fourth-order valence-corrected chi connectivity index (χ4v) is 5.76. The average Bonchev–Trinajstić information content (AvgIpc) is 2.91. The van der Waals surface area contributed by atoms with Gasteiger partial charge in [-0.1, -0.05) is 114 Å². The van der Waals surface area contributed by atoms with Gasteiger partial charge in [0.15, 0.2) is 0 Å². The molecule has 5 rings (SSSR count). The van der Waals surface area contributed by atoms with Crippen molar-refractivity contribution >= 4 is 11.4 Å². The Morgan fingerprint density at radius 1 is 0.564 bits per heavy atom. The Labute approximate surface area is 236 Å². The van der Waals surface area contributed by atoms with E-state index < -0.39 is 0 Å². The summed E-state index contributed by atoms with van der Waals surface area (Å²) in [5.41, 5.74) is 10.9. The second-order valence-electron chi connectivity index (χ2n) is 13.2. The average molecular weight is 517 g/mol. The zero-order valence-corrected chi connectivity index (χ0v) is 24.7. The van der Waals surface area contributed by atoms with Crippen molar-refractivity contribution in [1.82, 2.24) is 0 Å². The maximum absolute atomic E-state index is 2.61. The van der Waals surface area contributed by atoms with Gasteiger partial charge in [0.1, 0.15) is 0 Å². The van der Waals surface area contributed by atoms with E-state index in [4.69, 9.17) is 0 Å². The highest BCUT2D eigenvalue weighted by Crippen LogP contribution is 2.38. The summed E-state index contributed by atoms with van der Waals surface area (Å²) >= 11 is 0. The second kappa shape index (κ2) is 10.9. The van der Waals surface area contributed by atoms with Crippen LogP contribution in [-0.2, 0) is 13.1 Å². The monoisotopic (exact) mass is 516 g/mol. The first-order chi connectivity index (χ1) is 18.6. The van der Waals surface area contributed by atoms with Gasteiger partial charge in [0.25, 0.3) is 0 Å². The summed E-state index contributed by atoms with van der Waals surface area (Å²) in [6.45, 7) is 17.8. The molecule has 2 heteroatoms. The molecule has 0 N–H and O–H groups in total. The van der Waals surface area contributed by atoms with Crippen molar-refractivity contribution in [3.63, 3.8) is 0 Å². The van der Waals surface area contributed by atoms with E-state index in [2.05, 4.69) is 148 Å². The van der Waals surface area contributed by atoms with Gasteiger partial charge in [-0.2, -0.15) is 0 Å². The Morgan fingerprint density at radius 3 is 1.49 bits per heavy atom. The summed E-state index contributed by atoms with van der Waals surface area (Å²) in [4.78, 5) is 5.18. The molecule has 202 valence electrons. The van der Waals surface area contributed by atoms with Crippen molar-refractivity contribution in [3.8, 4) is 22.3 Å².